The van der Waals surface area contributed by atoms with E-state index in [1.165, 1.54) is 11.0 Å². The molecular formula is C26H33FN2O5. The molecule has 1 aromatic heterocycles. The van der Waals surface area contributed by atoms with E-state index in [1.54, 1.807) is 26.1 Å². The average Bonchev–Trinajstić information content (AvgIpc) is 2.81. The van der Waals surface area contributed by atoms with Gasteiger partial charge in [-0.15, -0.1) is 0 Å². The van der Waals surface area contributed by atoms with Gasteiger partial charge in [-0.3, -0.25) is 4.79 Å². The van der Waals surface area contributed by atoms with E-state index >= 15 is 0 Å². The Hall–Kier alpha value is -3.16. The van der Waals surface area contributed by atoms with Crippen molar-refractivity contribution >= 4 is 12.1 Å². The van der Waals surface area contributed by atoms with E-state index < -0.39 is 12.1 Å². The number of amides is 1. The number of hydrogen-bond donors (Lipinski definition) is 1. The molecule has 7 nitrogen and oxygen atoms in total. The highest BCUT2D eigenvalue weighted by atomic mass is 19.1. The van der Waals surface area contributed by atoms with Crippen LogP contribution in [0.15, 0.2) is 24.3 Å². The summed E-state index contributed by atoms with van der Waals surface area (Å²) in [6, 6.07) is 6.63. The Morgan fingerprint density at radius 2 is 1.97 bits per heavy atom. The van der Waals surface area contributed by atoms with Crippen LogP contribution in [0.3, 0.4) is 0 Å². The fourth-order valence-electron chi connectivity index (χ4n) is 4.30. The SMILES string of the molecule is CCCN(C)C(=O)OCc1c(-c2ccc(O[C@H]3CCC[C@H](C(=O)O)C3)c(C)n2)ccc(F)c1C. The van der Waals surface area contributed by atoms with Crippen LogP contribution in [-0.2, 0) is 16.1 Å². The smallest absolute Gasteiger partial charge is 0.409 e. The van der Waals surface area contributed by atoms with Gasteiger partial charge >= 0.3 is 12.1 Å². The van der Waals surface area contributed by atoms with Crippen LogP contribution in [0.1, 0.15) is 55.8 Å². The van der Waals surface area contributed by atoms with E-state index in [9.17, 15) is 19.1 Å². The van der Waals surface area contributed by atoms with E-state index in [0.717, 1.165) is 19.3 Å². The molecule has 0 bridgehead atoms. The molecule has 0 spiro atoms. The molecule has 0 aliphatic heterocycles. The fourth-order valence-corrected chi connectivity index (χ4v) is 4.30. The predicted molar refractivity (Wildman–Crippen MR) is 126 cm³/mol. The molecule has 1 N–H and O–H groups in total. The lowest BCUT2D eigenvalue weighted by Gasteiger charge is -2.27. The number of aryl methyl sites for hydroxylation is 1. The number of nitrogens with zero attached hydrogens (tertiary/aromatic N) is 2. The second-order valence-corrected chi connectivity index (χ2v) is 8.90. The van der Waals surface area contributed by atoms with Gasteiger partial charge in [0.2, 0.25) is 0 Å². The Labute approximate surface area is 199 Å². The van der Waals surface area contributed by atoms with Crippen LogP contribution in [0.5, 0.6) is 5.75 Å². The molecule has 0 saturated heterocycles. The van der Waals surface area contributed by atoms with Gasteiger partial charge < -0.3 is 19.5 Å². The number of rotatable bonds is 8. The molecule has 1 saturated carbocycles. The number of pyridine rings is 1. The molecule has 1 amide bonds. The van der Waals surface area contributed by atoms with Crippen molar-refractivity contribution in [2.45, 2.75) is 65.6 Å². The normalized spacial score (nSPS) is 17.8. The molecule has 0 radical (unpaired) electrons. The molecule has 1 aliphatic carbocycles. The summed E-state index contributed by atoms with van der Waals surface area (Å²) in [5.41, 5.74) is 2.93. The van der Waals surface area contributed by atoms with Crippen LogP contribution in [0, 0.1) is 25.6 Å². The molecule has 8 heteroatoms. The molecule has 1 aromatic carbocycles. The van der Waals surface area contributed by atoms with E-state index in [2.05, 4.69) is 4.98 Å². The number of aliphatic carboxylic acids is 1. The highest BCUT2D eigenvalue weighted by Gasteiger charge is 2.28. The Balaban J connectivity index is 1.80. The standard InChI is InChI=1S/C26H33FN2O5/c1-5-13-29(4)26(32)33-15-21-16(2)22(27)10-9-20(21)23-11-12-24(17(3)28-23)34-19-8-6-7-18(14-19)25(30)31/h9-12,18-19H,5-8,13-15H2,1-4H3,(H,30,31)/t18-,19-/m0/s1. The van der Waals surface area contributed by atoms with Crippen molar-refractivity contribution in [2.24, 2.45) is 5.92 Å². The molecule has 1 fully saturated rings. The second kappa shape index (κ2) is 11.3. The zero-order chi connectivity index (χ0) is 24.8. The van der Waals surface area contributed by atoms with Gasteiger partial charge in [-0.05, 0) is 75.8 Å². The van der Waals surface area contributed by atoms with E-state index in [-0.39, 0.29) is 24.4 Å². The van der Waals surface area contributed by atoms with Gasteiger partial charge in [0.15, 0.2) is 0 Å². The van der Waals surface area contributed by atoms with Crippen molar-refractivity contribution in [3.8, 4) is 17.0 Å². The van der Waals surface area contributed by atoms with Crippen LogP contribution in [0.2, 0.25) is 0 Å². The summed E-state index contributed by atoms with van der Waals surface area (Å²) < 4.78 is 25.9. The highest BCUT2D eigenvalue weighted by Crippen LogP contribution is 2.32. The van der Waals surface area contributed by atoms with Gasteiger partial charge in [-0.1, -0.05) is 6.92 Å². The number of ether oxygens (including phenoxy) is 2. The van der Waals surface area contributed by atoms with Gasteiger partial charge in [0.05, 0.1) is 23.4 Å². The van der Waals surface area contributed by atoms with Crippen LogP contribution >= 0.6 is 0 Å². The molecule has 0 unspecified atom stereocenters. The minimum Gasteiger partial charge on any atom is -0.489 e. The first kappa shape index (κ1) is 25.5. The number of carbonyl (C=O) groups excluding carboxylic acids is 1. The fraction of sp³-hybridized carbons (Fsp3) is 0.500. The van der Waals surface area contributed by atoms with Gasteiger partial charge in [-0.2, -0.15) is 0 Å². The Morgan fingerprint density at radius 1 is 1.21 bits per heavy atom. The lowest BCUT2D eigenvalue weighted by Crippen LogP contribution is -2.29. The third-order valence-electron chi connectivity index (χ3n) is 6.33. The summed E-state index contributed by atoms with van der Waals surface area (Å²) in [5, 5.41) is 9.31. The minimum absolute atomic E-state index is 0.0660. The third kappa shape index (κ3) is 6.04. The Bertz CT molecular complexity index is 1040. The first-order valence-electron chi connectivity index (χ1n) is 11.7. The van der Waals surface area contributed by atoms with E-state index in [0.29, 0.717) is 53.2 Å². The summed E-state index contributed by atoms with van der Waals surface area (Å²) in [5.74, 6) is -0.930. The average molecular weight is 473 g/mol. The number of carboxylic acid groups (broad SMARTS) is 1. The van der Waals surface area contributed by atoms with Crippen molar-refractivity contribution < 1.29 is 28.6 Å². The quantitative estimate of drug-likeness (QED) is 0.545. The van der Waals surface area contributed by atoms with Crippen LogP contribution in [0.4, 0.5) is 9.18 Å². The Morgan fingerprint density at radius 3 is 2.65 bits per heavy atom. The summed E-state index contributed by atoms with van der Waals surface area (Å²) in [7, 11) is 1.67. The second-order valence-electron chi connectivity index (χ2n) is 8.90. The lowest BCUT2D eigenvalue weighted by molar-refractivity contribution is -0.143. The molecule has 2 atom stereocenters. The van der Waals surface area contributed by atoms with Gasteiger partial charge in [0, 0.05) is 24.7 Å². The number of benzene rings is 1. The van der Waals surface area contributed by atoms with Crippen molar-refractivity contribution in [2.75, 3.05) is 13.6 Å². The van der Waals surface area contributed by atoms with E-state index in [4.69, 9.17) is 9.47 Å². The topological polar surface area (TPSA) is 89.0 Å². The number of carbonyl (C=O) groups is 2. The lowest BCUT2D eigenvalue weighted by atomic mass is 9.87. The maximum absolute atomic E-state index is 14.3. The van der Waals surface area contributed by atoms with Crippen LogP contribution < -0.4 is 4.74 Å². The molecule has 2 aromatic rings. The zero-order valence-corrected chi connectivity index (χ0v) is 20.3. The van der Waals surface area contributed by atoms with Gasteiger partial charge in [0.1, 0.15) is 18.2 Å². The largest absolute Gasteiger partial charge is 0.489 e. The molecule has 184 valence electrons. The summed E-state index contributed by atoms with van der Waals surface area (Å²) >= 11 is 0. The van der Waals surface area contributed by atoms with Gasteiger partial charge in [-0.25, -0.2) is 14.2 Å². The monoisotopic (exact) mass is 472 g/mol. The number of aromatic nitrogens is 1. The zero-order valence-electron chi connectivity index (χ0n) is 20.3. The van der Waals surface area contributed by atoms with Crippen molar-refractivity contribution in [1.29, 1.82) is 0 Å². The maximum atomic E-state index is 14.3. The maximum Gasteiger partial charge on any atom is 0.409 e. The summed E-state index contributed by atoms with van der Waals surface area (Å²) in [6.07, 6.45) is 2.97. The van der Waals surface area contributed by atoms with Crippen molar-refractivity contribution in [3.63, 3.8) is 0 Å². The van der Waals surface area contributed by atoms with Crippen molar-refractivity contribution in [3.05, 3.63) is 46.9 Å². The molecule has 34 heavy (non-hydrogen) atoms. The van der Waals surface area contributed by atoms with Crippen LogP contribution in [0.25, 0.3) is 11.3 Å². The Kier molecular flexibility index (Phi) is 8.47. The van der Waals surface area contributed by atoms with E-state index in [1.807, 2.05) is 19.9 Å². The highest BCUT2D eigenvalue weighted by molar-refractivity contribution is 5.70. The summed E-state index contributed by atoms with van der Waals surface area (Å²) in [6.45, 7) is 5.96. The third-order valence-corrected chi connectivity index (χ3v) is 6.33. The number of halogens is 1. The molecular weight excluding hydrogens is 439 g/mol. The number of carboxylic acids is 1. The van der Waals surface area contributed by atoms with Crippen LogP contribution in [-0.4, -0.2) is 46.7 Å². The number of hydrogen-bond acceptors (Lipinski definition) is 5. The summed E-state index contributed by atoms with van der Waals surface area (Å²) in [4.78, 5) is 29.7. The molecule has 1 aliphatic rings. The predicted octanol–water partition coefficient (Wildman–Crippen LogP) is 5.51. The first-order chi connectivity index (χ1) is 16.2. The van der Waals surface area contributed by atoms with Crippen molar-refractivity contribution in [1.82, 2.24) is 9.88 Å². The van der Waals surface area contributed by atoms with Gasteiger partial charge in [0.25, 0.3) is 0 Å². The molecule has 3 rings (SSSR count). The minimum atomic E-state index is -0.778. The first-order valence-corrected chi connectivity index (χ1v) is 11.7. The molecule has 1 heterocycles.